The van der Waals surface area contributed by atoms with Gasteiger partial charge in [0.15, 0.2) is 5.69 Å². The summed E-state index contributed by atoms with van der Waals surface area (Å²) in [5.74, 6) is -0.930. The molecule has 1 aromatic carbocycles. The second kappa shape index (κ2) is 11.1. The molecule has 4 rings (SSSR count). The molecular formula is C27H31N5O4. The molecule has 0 radical (unpaired) electrons. The first-order chi connectivity index (χ1) is 17.5. The van der Waals surface area contributed by atoms with Crippen molar-refractivity contribution >= 4 is 45.2 Å². The Morgan fingerprint density at radius 1 is 1.19 bits per heavy atom. The number of esters is 1. The van der Waals surface area contributed by atoms with Gasteiger partial charge in [0.25, 0.3) is 0 Å². The van der Waals surface area contributed by atoms with E-state index in [-0.39, 0.29) is 18.2 Å². The molecule has 36 heavy (non-hydrogen) atoms. The number of hydrogen-bond donors (Lipinski definition) is 3. The minimum absolute atomic E-state index is 0.144. The van der Waals surface area contributed by atoms with Gasteiger partial charge in [-0.25, -0.2) is 9.78 Å². The van der Waals surface area contributed by atoms with E-state index in [9.17, 15) is 9.59 Å². The van der Waals surface area contributed by atoms with Gasteiger partial charge in [-0.15, -0.1) is 0 Å². The van der Waals surface area contributed by atoms with Crippen molar-refractivity contribution in [3.63, 3.8) is 0 Å². The average molecular weight is 490 g/mol. The first kappa shape index (κ1) is 25.0. The Bertz CT molecular complexity index is 1430. The van der Waals surface area contributed by atoms with E-state index in [2.05, 4.69) is 26.7 Å². The molecule has 3 heterocycles. The number of fused-ring (bicyclic) bond motifs is 2. The molecular weight excluding hydrogens is 458 g/mol. The van der Waals surface area contributed by atoms with Crippen LogP contribution in [0.25, 0.3) is 21.9 Å². The Balaban J connectivity index is 1.79. The highest BCUT2D eigenvalue weighted by Crippen LogP contribution is 2.33. The summed E-state index contributed by atoms with van der Waals surface area (Å²) >= 11 is 0. The van der Waals surface area contributed by atoms with Crippen LogP contribution in [-0.4, -0.2) is 53.8 Å². The lowest BCUT2D eigenvalue weighted by Crippen LogP contribution is -2.20. The third kappa shape index (κ3) is 5.11. The van der Waals surface area contributed by atoms with Gasteiger partial charge in [0.2, 0.25) is 5.91 Å². The van der Waals surface area contributed by atoms with Gasteiger partial charge in [-0.2, -0.15) is 0 Å². The van der Waals surface area contributed by atoms with Gasteiger partial charge in [-0.3, -0.25) is 4.79 Å². The normalized spacial score (nSPS) is 11.7. The zero-order valence-electron chi connectivity index (χ0n) is 21.0. The van der Waals surface area contributed by atoms with Crippen LogP contribution in [0.4, 0.5) is 11.4 Å². The molecule has 0 aliphatic heterocycles. The minimum atomic E-state index is -0.557. The van der Waals surface area contributed by atoms with Gasteiger partial charge in [0.1, 0.15) is 12.3 Å². The van der Waals surface area contributed by atoms with E-state index in [1.54, 1.807) is 6.20 Å². The summed E-state index contributed by atoms with van der Waals surface area (Å²) in [6.45, 7) is 4.99. The highest BCUT2D eigenvalue weighted by Gasteiger charge is 2.26. The summed E-state index contributed by atoms with van der Waals surface area (Å²) in [6, 6.07) is 9.97. The van der Waals surface area contributed by atoms with Crippen LogP contribution in [-0.2, 0) is 27.2 Å². The molecule has 9 nitrogen and oxygen atoms in total. The van der Waals surface area contributed by atoms with Crippen molar-refractivity contribution in [1.29, 1.82) is 0 Å². The summed E-state index contributed by atoms with van der Waals surface area (Å²) in [7, 11) is 2.77. The lowest BCUT2D eigenvalue weighted by Gasteiger charge is -2.10. The maximum Gasteiger partial charge on any atom is 0.356 e. The number of H-pyrrole nitrogens is 1. The molecule has 9 heteroatoms. The number of ether oxygens (including phenoxy) is 2. The third-order valence-corrected chi connectivity index (χ3v) is 6.16. The number of aryl methyl sites for hydroxylation is 2. The summed E-state index contributed by atoms with van der Waals surface area (Å²) in [5.41, 5.74) is 5.30. The first-order valence-electron chi connectivity index (χ1n) is 11.8. The van der Waals surface area contributed by atoms with Crippen molar-refractivity contribution in [3.05, 3.63) is 65.6 Å². The maximum atomic E-state index is 13.0. The smallest absolute Gasteiger partial charge is 0.356 e. The number of carbonyl (C=O) groups excluding carboxylic acids is 2. The number of aromatic amines is 1. The van der Waals surface area contributed by atoms with E-state index >= 15 is 0 Å². The third-order valence-electron chi connectivity index (χ3n) is 6.16. The fourth-order valence-corrected chi connectivity index (χ4v) is 4.20. The van der Waals surface area contributed by atoms with Crippen LogP contribution < -0.4 is 10.6 Å². The predicted octanol–water partition coefficient (Wildman–Crippen LogP) is 4.51. The van der Waals surface area contributed by atoms with Crippen LogP contribution >= 0.6 is 0 Å². The van der Waals surface area contributed by atoms with E-state index in [4.69, 9.17) is 9.47 Å². The number of aromatic nitrogens is 3. The number of carbonyl (C=O) groups is 2. The Kier molecular flexibility index (Phi) is 7.70. The number of methoxy groups -OCH3 is 2. The molecule has 1 amide bonds. The quantitative estimate of drug-likeness (QED) is 0.223. The topological polar surface area (TPSA) is 110 Å². The summed E-state index contributed by atoms with van der Waals surface area (Å²) in [6.07, 6.45) is 6.39. The minimum Gasteiger partial charge on any atom is -0.464 e. The number of nitrogens with one attached hydrogen (secondary N) is 3. The Morgan fingerprint density at radius 2 is 2.00 bits per heavy atom. The van der Waals surface area contributed by atoms with Crippen molar-refractivity contribution in [1.82, 2.24) is 14.5 Å². The monoisotopic (exact) mass is 489 g/mol. The highest BCUT2D eigenvalue weighted by molar-refractivity contribution is 6.11. The number of amides is 1. The number of para-hydroxylation sites is 1. The van der Waals surface area contributed by atoms with Crippen LogP contribution in [0, 0.1) is 0 Å². The fourth-order valence-electron chi connectivity index (χ4n) is 4.20. The maximum absolute atomic E-state index is 13.0. The molecule has 0 aliphatic rings. The van der Waals surface area contributed by atoms with Gasteiger partial charge < -0.3 is 29.7 Å². The Labute approximate surface area is 209 Å². The lowest BCUT2D eigenvalue weighted by molar-refractivity contribution is -0.119. The number of benzene rings is 1. The number of pyridine rings is 1. The number of rotatable bonds is 10. The zero-order valence-corrected chi connectivity index (χ0v) is 21.0. The largest absolute Gasteiger partial charge is 0.464 e. The molecule has 0 aliphatic carbocycles. The Hall–Kier alpha value is -4.11. The van der Waals surface area contributed by atoms with Crippen LogP contribution in [0.15, 0.2) is 54.4 Å². The second-order valence-corrected chi connectivity index (χ2v) is 8.54. The lowest BCUT2D eigenvalue weighted by atomic mass is 10.1. The number of hydrogen-bond acceptors (Lipinski definition) is 6. The first-order valence-corrected chi connectivity index (χ1v) is 11.8. The standard InChI is InChI=1S/C27H31N5O4/c1-5-17(2)13-28-19-12-21-24(31-23(33)16-35-3)25(27(34)36-4)32(26(21)30-15-19)11-10-18-14-29-22-9-7-6-8-20(18)22/h5-9,12,14-15,28-29H,10-11,13,16H2,1-4H3,(H,31,33). The number of allylic oxidation sites excluding steroid dienone is 1. The van der Waals surface area contributed by atoms with Gasteiger partial charge >= 0.3 is 5.97 Å². The molecule has 188 valence electrons. The molecule has 0 saturated heterocycles. The molecule has 0 spiro atoms. The highest BCUT2D eigenvalue weighted by atomic mass is 16.5. The molecule has 3 N–H and O–H groups in total. The molecule has 4 aromatic rings. The van der Waals surface area contributed by atoms with E-state index in [0.29, 0.717) is 36.2 Å². The van der Waals surface area contributed by atoms with Crippen molar-refractivity contribution < 1.29 is 19.1 Å². The average Bonchev–Trinajstić information content (AvgIpc) is 3.44. The molecule has 0 bridgehead atoms. The number of nitrogens with zero attached hydrogens (tertiary/aromatic N) is 2. The van der Waals surface area contributed by atoms with Crippen LogP contribution in [0.5, 0.6) is 0 Å². The van der Waals surface area contributed by atoms with Crippen LogP contribution in [0.3, 0.4) is 0 Å². The predicted molar refractivity (Wildman–Crippen MR) is 142 cm³/mol. The summed E-state index contributed by atoms with van der Waals surface area (Å²) in [5, 5.41) is 7.95. The van der Waals surface area contributed by atoms with Crippen molar-refractivity contribution in [2.45, 2.75) is 26.8 Å². The van der Waals surface area contributed by atoms with E-state index in [1.807, 2.05) is 55.0 Å². The molecule has 0 unspecified atom stereocenters. The summed E-state index contributed by atoms with van der Waals surface area (Å²) < 4.78 is 11.9. The SMILES string of the molecule is CC=C(C)CNc1cnc2c(c1)c(NC(=O)COC)c(C(=O)OC)n2CCc1c[nH]c2ccccc12. The summed E-state index contributed by atoms with van der Waals surface area (Å²) in [4.78, 5) is 33.5. The van der Waals surface area contributed by atoms with Gasteiger partial charge in [-0.05, 0) is 38.0 Å². The second-order valence-electron chi connectivity index (χ2n) is 8.54. The fraction of sp³-hybridized carbons (Fsp3) is 0.296. The molecule has 0 saturated carbocycles. The molecule has 3 aromatic heterocycles. The van der Waals surface area contributed by atoms with Gasteiger partial charge in [0.05, 0.1) is 24.7 Å². The van der Waals surface area contributed by atoms with E-state index in [0.717, 1.165) is 22.2 Å². The van der Waals surface area contributed by atoms with Crippen molar-refractivity contribution in [2.75, 3.05) is 38.0 Å². The number of anilines is 2. The van der Waals surface area contributed by atoms with Gasteiger partial charge in [0, 0.05) is 42.7 Å². The Morgan fingerprint density at radius 3 is 2.75 bits per heavy atom. The van der Waals surface area contributed by atoms with Gasteiger partial charge in [-0.1, -0.05) is 29.8 Å². The van der Waals surface area contributed by atoms with Crippen LogP contribution in [0.1, 0.15) is 29.9 Å². The molecule has 0 fully saturated rings. The van der Waals surface area contributed by atoms with E-state index in [1.165, 1.54) is 19.8 Å². The van der Waals surface area contributed by atoms with E-state index < -0.39 is 5.97 Å². The van der Waals surface area contributed by atoms with Crippen LogP contribution in [0.2, 0.25) is 0 Å². The van der Waals surface area contributed by atoms with Crippen molar-refractivity contribution in [3.8, 4) is 0 Å². The zero-order chi connectivity index (χ0) is 25.7. The molecule has 0 atom stereocenters. The van der Waals surface area contributed by atoms with Crippen molar-refractivity contribution in [2.24, 2.45) is 0 Å².